The number of rotatable bonds is 4. The van der Waals surface area contributed by atoms with Gasteiger partial charge in [0.2, 0.25) is 5.91 Å². The predicted molar refractivity (Wildman–Crippen MR) is 59.3 cm³/mol. The highest BCUT2D eigenvalue weighted by Gasteiger charge is 2.40. The number of nitrogens with zero attached hydrogens (tertiary/aromatic N) is 2. The van der Waals surface area contributed by atoms with Crippen molar-refractivity contribution < 1.29 is 14.7 Å². The summed E-state index contributed by atoms with van der Waals surface area (Å²) in [6, 6.07) is 0. The van der Waals surface area contributed by atoms with Gasteiger partial charge in [-0.2, -0.15) is 5.10 Å². The monoisotopic (exact) mass is 238 g/mol. The molecule has 2 rings (SSSR count). The van der Waals surface area contributed by atoms with E-state index in [0.29, 0.717) is 18.5 Å². The van der Waals surface area contributed by atoms with E-state index < -0.39 is 11.5 Å². The van der Waals surface area contributed by atoms with Crippen LogP contribution in [0.5, 0.6) is 0 Å². The third kappa shape index (κ3) is 2.44. The Morgan fingerprint density at radius 2 is 2.29 bits per heavy atom. The molecule has 4 N–H and O–H groups in total. The van der Waals surface area contributed by atoms with Crippen LogP contribution >= 0.6 is 0 Å². The molecule has 1 aliphatic carbocycles. The molecule has 1 saturated carbocycles. The molecule has 1 amide bonds. The maximum atomic E-state index is 11.8. The highest BCUT2D eigenvalue weighted by molar-refractivity contribution is 5.98. The molecule has 92 valence electrons. The van der Waals surface area contributed by atoms with Gasteiger partial charge in [-0.25, -0.2) is 0 Å². The summed E-state index contributed by atoms with van der Waals surface area (Å²) >= 11 is 0. The largest absolute Gasteiger partial charge is 0.480 e. The van der Waals surface area contributed by atoms with E-state index in [1.54, 1.807) is 0 Å². The molecular formula is C10H14N4O3. The van der Waals surface area contributed by atoms with Crippen LogP contribution in [-0.4, -0.2) is 32.3 Å². The molecular weight excluding hydrogens is 224 g/mol. The van der Waals surface area contributed by atoms with Gasteiger partial charge in [-0.15, -0.1) is 0 Å². The summed E-state index contributed by atoms with van der Waals surface area (Å²) in [6.45, 7) is -0.233. The molecule has 0 spiro atoms. The van der Waals surface area contributed by atoms with Crippen molar-refractivity contribution in [3.05, 3.63) is 12.4 Å². The van der Waals surface area contributed by atoms with Crippen molar-refractivity contribution in [3.63, 3.8) is 0 Å². The fourth-order valence-electron chi connectivity index (χ4n) is 1.69. The molecule has 0 bridgehead atoms. The number of nitrogens with one attached hydrogen (secondary N) is 1. The number of amides is 1. The van der Waals surface area contributed by atoms with Crippen LogP contribution in [-0.2, 0) is 16.1 Å². The lowest BCUT2D eigenvalue weighted by molar-refractivity contribution is -0.137. The molecule has 0 radical (unpaired) electrons. The number of carbonyl (C=O) groups excluding carboxylic acids is 1. The molecule has 1 heterocycles. The van der Waals surface area contributed by atoms with Crippen LogP contribution in [0.1, 0.15) is 19.3 Å². The van der Waals surface area contributed by atoms with Crippen molar-refractivity contribution in [1.29, 1.82) is 0 Å². The minimum Gasteiger partial charge on any atom is -0.480 e. The summed E-state index contributed by atoms with van der Waals surface area (Å²) in [6.07, 6.45) is 5.20. The lowest BCUT2D eigenvalue weighted by Crippen LogP contribution is -2.56. The van der Waals surface area contributed by atoms with Crippen molar-refractivity contribution in [3.8, 4) is 0 Å². The average molecular weight is 238 g/mol. The first kappa shape index (κ1) is 11.6. The van der Waals surface area contributed by atoms with Gasteiger partial charge < -0.3 is 16.2 Å². The SMILES string of the molecule is NC1(C(=O)Nc2cnn(CC(=O)O)c2)CCC1. The summed E-state index contributed by atoms with van der Waals surface area (Å²) in [5, 5.41) is 15.0. The molecule has 0 atom stereocenters. The Morgan fingerprint density at radius 3 is 2.82 bits per heavy atom. The lowest BCUT2D eigenvalue weighted by Gasteiger charge is -2.35. The van der Waals surface area contributed by atoms with E-state index in [-0.39, 0.29) is 12.5 Å². The Bertz CT molecular complexity index is 450. The number of anilines is 1. The van der Waals surface area contributed by atoms with E-state index in [2.05, 4.69) is 10.4 Å². The van der Waals surface area contributed by atoms with Gasteiger partial charge in [-0.3, -0.25) is 14.3 Å². The second-order valence-corrected chi connectivity index (χ2v) is 4.28. The number of hydrogen-bond acceptors (Lipinski definition) is 4. The Morgan fingerprint density at radius 1 is 1.59 bits per heavy atom. The van der Waals surface area contributed by atoms with Crippen molar-refractivity contribution in [2.24, 2.45) is 5.73 Å². The van der Waals surface area contributed by atoms with Crippen molar-refractivity contribution in [1.82, 2.24) is 9.78 Å². The van der Waals surface area contributed by atoms with Crippen LogP contribution in [0.3, 0.4) is 0 Å². The molecule has 0 saturated heterocycles. The number of carboxylic acids is 1. The zero-order valence-electron chi connectivity index (χ0n) is 9.22. The summed E-state index contributed by atoms with van der Waals surface area (Å²) in [5.74, 6) is -1.22. The summed E-state index contributed by atoms with van der Waals surface area (Å²) in [5.41, 5.74) is 5.55. The van der Waals surface area contributed by atoms with Crippen LogP contribution in [0.4, 0.5) is 5.69 Å². The lowest BCUT2D eigenvalue weighted by atomic mass is 9.77. The van der Waals surface area contributed by atoms with Crippen LogP contribution in [0.15, 0.2) is 12.4 Å². The van der Waals surface area contributed by atoms with E-state index >= 15 is 0 Å². The van der Waals surface area contributed by atoms with Crippen molar-refractivity contribution >= 4 is 17.6 Å². The maximum absolute atomic E-state index is 11.8. The van der Waals surface area contributed by atoms with Gasteiger partial charge in [0.15, 0.2) is 0 Å². The highest BCUT2D eigenvalue weighted by atomic mass is 16.4. The number of aromatic nitrogens is 2. The first-order chi connectivity index (χ1) is 7.99. The topological polar surface area (TPSA) is 110 Å². The van der Waals surface area contributed by atoms with E-state index in [4.69, 9.17) is 10.8 Å². The van der Waals surface area contributed by atoms with E-state index in [1.165, 1.54) is 17.1 Å². The molecule has 7 heteroatoms. The van der Waals surface area contributed by atoms with E-state index in [0.717, 1.165) is 6.42 Å². The maximum Gasteiger partial charge on any atom is 0.325 e. The van der Waals surface area contributed by atoms with Gasteiger partial charge in [0, 0.05) is 6.20 Å². The first-order valence-corrected chi connectivity index (χ1v) is 5.34. The molecule has 0 unspecified atom stereocenters. The molecule has 0 aromatic carbocycles. The standard InChI is InChI=1S/C10H14N4O3/c11-10(2-1-3-10)9(17)13-7-4-12-14(5-7)6-8(15)16/h4-5H,1-3,6,11H2,(H,13,17)(H,15,16). The van der Waals surface area contributed by atoms with Crippen LogP contribution in [0.2, 0.25) is 0 Å². The van der Waals surface area contributed by atoms with Crippen LogP contribution in [0.25, 0.3) is 0 Å². The third-order valence-corrected chi connectivity index (χ3v) is 2.89. The Balaban J connectivity index is 1.97. The highest BCUT2D eigenvalue weighted by Crippen LogP contribution is 2.30. The Hall–Kier alpha value is -1.89. The van der Waals surface area contributed by atoms with Gasteiger partial charge in [0.25, 0.3) is 0 Å². The zero-order valence-corrected chi connectivity index (χ0v) is 9.22. The molecule has 7 nitrogen and oxygen atoms in total. The molecule has 1 fully saturated rings. The van der Waals surface area contributed by atoms with Gasteiger partial charge in [0.1, 0.15) is 6.54 Å². The second-order valence-electron chi connectivity index (χ2n) is 4.28. The summed E-state index contributed by atoms with van der Waals surface area (Å²) in [7, 11) is 0. The quantitative estimate of drug-likeness (QED) is 0.672. The van der Waals surface area contributed by atoms with Crippen molar-refractivity contribution in [2.45, 2.75) is 31.3 Å². The van der Waals surface area contributed by atoms with Gasteiger partial charge in [-0.1, -0.05) is 0 Å². The van der Waals surface area contributed by atoms with Crippen LogP contribution in [0, 0.1) is 0 Å². The number of nitrogens with two attached hydrogens (primary N) is 1. The molecule has 1 aliphatic rings. The predicted octanol–water partition coefficient (Wildman–Crippen LogP) is -0.212. The number of carboxylic acid groups (broad SMARTS) is 1. The molecule has 17 heavy (non-hydrogen) atoms. The Labute approximate surface area is 97.6 Å². The number of hydrogen-bond donors (Lipinski definition) is 3. The van der Waals surface area contributed by atoms with Crippen LogP contribution < -0.4 is 11.1 Å². The summed E-state index contributed by atoms with van der Waals surface area (Å²) < 4.78 is 1.24. The minimum absolute atomic E-state index is 0.233. The Kier molecular flexibility index (Phi) is 2.84. The minimum atomic E-state index is -0.986. The first-order valence-electron chi connectivity index (χ1n) is 5.34. The number of carbonyl (C=O) groups is 2. The van der Waals surface area contributed by atoms with Gasteiger partial charge in [0.05, 0.1) is 17.4 Å². The fourth-order valence-corrected chi connectivity index (χ4v) is 1.69. The van der Waals surface area contributed by atoms with E-state index in [1.807, 2.05) is 0 Å². The number of aliphatic carboxylic acids is 1. The van der Waals surface area contributed by atoms with Gasteiger partial charge in [-0.05, 0) is 19.3 Å². The van der Waals surface area contributed by atoms with Crippen molar-refractivity contribution in [2.75, 3.05) is 5.32 Å². The normalized spacial score (nSPS) is 17.2. The van der Waals surface area contributed by atoms with E-state index in [9.17, 15) is 9.59 Å². The average Bonchev–Trinajstić information content (AvgIpc) is 2.60. The smallest absolute Gasteiger partial charge is 0.325 e. The molecule has 1 aromatic heterocycles. The molecule has 1 aromatic rings. The second kappa shape index (κ2) is 4.17. The zero-order chi connectivity index (χ0) is 12.5. The fraction of sp³-hybridized carbons (Fsp3) is 0.500. The third-order valence-electron chi connectivity index (χ3n) is 2.89. The van der Waals surface area contributed by atoms with Gasteiger partial charge >= 0.3 is 5.97 Å². The molecule has 0 aliphatic heterocycles. The summed E-state index contributed by atoms with van der Waals surface area (Å²) in [4.78, 5) is 22.2.